The first-order valence-corrected chi connectivity index (χ1v) is 10.8. The Kier molecular flexibility index (Phi) is 6.52. The molecule has 0 saturated carbocycles. The molecule has 1 fully saturated rings. The van der Waals surface area contributed by atoms with Crippen molar-refractivity contribution in [3.05, 3.63) is 35.6 Å². The minimum atomic E-state index is -3.58. The number of rotatable bonds is 5. The first kappa shape index (κ1) is 21.6. The molecule has 1 aliphatic rings. The largest absolute Gasteiger partial charge is 0.444 e. The maximum Gasteiger partial charge on any atom is 0.410 e. The molecule has 8 heteroatoms. The summed E-state index contributed by atoms with van der Waals surface area (Å²) in [5.74, 6) is -0.320. The third kappa shape index (κ3) is 7.10. The second-order valence-electron chi connectivity index (χ2n) is 8.24. The number of ether oxygens (including phenoxy) is 1. The van der Waals surface area contributed by atoms with Crippen LogP contribution in [0.2, 0.25) is 0 Å². The van der Waals surface area contributed by atoms with Gasteiger partial charge in [-0.1, -0.05) is 12.1 Å². The quantitative estimate of drug-likeness (QED) is 0.708. The Balaban J connectivity index is 2.10. The predicted octanol–water partition coefficient (Wildman–Crippen LogP) is 3.36. The second-order valence-corrected chi connectivity index (χ2v) is 9.88. The zero-order valence-corrected chi connectivity index (χ0v) is 17.1. The maximum atomic E-state index is 13.2. The number of halogens is 1. The van der Waals surface area contributed by atoms with Crippen molar-refractivity contribution < 1.29 is 26.5 Å². The standard InChI is InChI=1S/C19H28FNO5S/c1-18(2,3)26-17(22)21-11-9-19(10-12-21,14-25-27(4,23)24)13-15-5-7-16(20)8-6-15/h5-8H,9-14H2,1-4H3. The van der Waals surface area contributed by atoms with Gasteiger partial charge in [0.15, 0.2) is 0 Å². The van der Waals surface area contributed by atoms with Crippen LogP contribution in [-0.2, 0) is 25.5 Å². The van der Waals surface area contributed by atoms with E-state index in [2.05, 4.69) is 0 Å². The van der Waals surface area contributed by atoms with Gasteiger partial charge in [0.25, 0.3) is 10.1 Å². The Labute approximate surface area is 160 Å². The molecule has 0 radical (unpaired) electrons. The number of likely N-dealkylation sites (tertiary alicyclic amines) is 1. The normalized spacial score (nSPS) is 17.6. The number of benzene rings is 1. The van der Waals surface area contributed by atoms with E-state index in [9.17, 15) is 17.6 Å². The van der Waals surface area contributed by atoms with Crippen molar-refractivity contribution >= 4 is 16.2 Å². The van der Waals surface area contributed by atoms with E-state index in [-0.39, 0.29) is 18.5 Å². The van der Waals surface area contributed by atoms with Crippen LogP contribution in [0, 0.1) is 11.2 Å². The number of hydrogen-bond donors (Lipinski definition) is 0. The molecule has 1 aromatic carbocycles. The first-order chi connectivity index (χ1) is 12.4. The lowest BCUT2D eigenvalue weighted by atomic mass is 9.74. The molecule has 0 atom stereocenters. The molecule has 152 valence electrons. The third-order valence-electron chi connectivity index (χ3n) is 4.55. The molecule has 1 aromatic rings. The molecule has 0 unspecified atom stereocenters. The van der Waals surface area contributed by atoms with E-state index in [0.29, 0.717) is 32.4 Å². The fourth-order valence-electron chi connectivity index (χ4n) is 3.13. The molecule has 6 nitrogen and oxygen atoms in total. The Morgan fingerprint density at radius 2 is 1.74 bits per heavy atom. The molecular weight excluding hydrogens is 373 g/mol. The third-order valence-corrected chi connectivity index (χ3v) is 5.09. The summed E-state index contributed by atoms with van der Waals surface area (Å²) < 4.78 is 46.7. The smallest absolute Gasteiger partial charge is 0.410 e. The molecule has 2 rings (SSSR count). The van der Waals surface area contributed by atoms with Crippen LogP contribution in [0.1, 0.15) is 39.2 Å². The van der Waals surface area contributed by atoms with E-state index in [4.69, 9.17) is 8.92 Å². The Hall–Kier alpha value is -1.67. The highest BCUT2D eigenvalue weighted by Crippen LogP contribution is 2.36. The molecule has 1 saturated heterocycles. The maximum absolute atomic E-state index is 13.2. The van der Waals surface area contributed by atoms with Gasteiger partial charge in [-0.15, -0.1) is 0 Å². The molecule has 1 aliphatic heterocycles. The van der Waals surface area contributed by atoms with Crippen molar-refractivity contribution in [2.24, 2.45) is 5.41 Å². The molecule has 0 aromatic heterocycles. The number of nitrogens with zero attached hydrogens (tertiary/aromatic N) is 1. The van der Waals surface area contributed by atoms with Gasteiger partial charge in [-0.3, -0.25) is 4.18 Å². The van der Waals surface area contributed by atoms with Gasteiger partial charge in [0.2, 0.25) is 0 Å². The fraction of sp³-hybridized carbons (Fsp3) is 0.632. The predicted molar refractivity (Wildman–Crippen MR) is 100 cm³/mol. The molecule has 0 spiro atoms. The van der Waals surface area contributed by atoms with Crippen molar-refractivity contribution in [3.63, 3.8) is 0 Å². The van der Waals surface area contributed by atoms with Crippen LogP contribution < -0.4 is 0 Å². The Bertz CT molecular complexity index is 747. The highest BCUT2D eigenvalue weighted by Gasteiger charge is 2.38. The van der Waals surface area contributed by atoms with Crippen LogP contribution in [0.3, 0.4) is 0 Å². The number of hydrogen-bond acceptors (Lipinski definition) is 5. The van der Waals surface area contributed by atoms with Gasteiger partial charge < -0.3 is 9.64 Å². The minimum absolute atomic E-state index is 0.0331. The SMILES string of the molecule is CC(C)(C)OC(=O)N1CCC(COS(C)(=O)=O)(Cc2ccc(F)cc2)CC1. The average Bonchev–Trinajstić information content (AvgIpc) is 2.54. The van der Waals surface area contributed by atoms with Crippen molar-refractivity contribution in [2.45, 2.75) is 45.6 Å². The monoisotopic (exact) mass is 401 g/mol. The summed E-state index contributed by atoms with van der Waals surface area (Å²) in [5, 5.41) is 0. The number of carbonyl (C=O) groups excluding carboxylic acids is 1. The van der Waals surface area contributed by atoms with Crippen LogP contribution in [0.25, 0.3) is 0 Å². The summed E-state index contributed by atoms with van der Waals surface area (Å²) in [4.78, 5) is 13.9. The van der Waals surface area contributed by atoms with Crippen LogP contribution in [-0.4, -0.2) is 51.0 Å². The van der Waals surface area contributed by atoms with Crippen LogP contribution in [0.5, 0.6) is 0 Å². The molecule has 0 N–H and O–H groups in total. The van der Waals surface area contributed by atoms with Crippen LogP contribution in [0.15, 0.2) is 24.3 Å². The van der Waals surface area contributed by atoms with E-state index in [1.165, 1.54) is 12.1 Å². The summed E-state index contributed by atoms with van der Waals surface area (Å²) in [6.45, 7) is 6.37. The van der Waals surface area contributed by atoms with Crippen molar-refractivity contribution in [3.8, 4) is 0 Å². The van der Waals surface area contributed by atoms with Gasteiger partial charge in [-0.2, -0.15) is 8.42 Å². The first-order valence-electron chi connectivity index (χ1n) is 8.94. The Morgan fingerprint density at radius 3 is 2.22 bits per heavy atom. The van der Waals surface area contributed by atoms with Gasteiger partial charge >= 0.3 is 6.09 Å². The molecule has 1 heterocycles. The minimum Gasteiger partial charge on any atom is -0.444 e. The lowest BCUT2D eigenvalue weighted by molar-refractivity contribution is 0.00286. The van der Waals surface area contributed by atoms with Gasteiger partial charge in [0.1, 0.15) is 11.4 Å². The average molecular weight is 402 g/mol. The molecular formula is C19H28FNO5S. The second kappa shape index (κ2) is 8.14. The lowest BCUT2D eigenvalue weighted by Gasteiger charge is -2.41. The van der Waals surface area contributed by atoms with E-state index in [1.54, 1.807) is 17.0 Å². The van der Waals surface area contributed by atoms with E-state index in [1.807, 2.05) is 20.8 Å². The topological polar surface area (TPSA) is 72.9 Å². The number of piperidine rings is 1. The van der Waals surface area contributed by atoms with Gasteiger partial charge in [0, 0.05) is 18.5 Å². The highest BCUT2D eigenvalue weighted by molar-refractivity contribution is 7.85. The summed E-state index contributed by atoms with van der Waals surface area (Å²) in [6.07, 6.45) is 2.33. The Morgan fingerprint density at radius 1 is 1.19 bits per heavy atom. The lowest BCUT2D eigenvalue weighted by Crippen LogP contribution is -2.47. The van der Waals surface area contributed by atoms with E-state index >= 15 is 0 Å². The van der Waals surface area contributed by atoms with Gasteiger partial charge in [-0.05, 0) is 57.7 Å². The van der Waals surface area contributed by atoms with Crippen LogP contribution in [0.4, 0.5) is 9.18 Å². The molecule has 0 aliphatic carbocycles. The zero-order chi connectivity index (χ0) is 20.3. The zero-order valence-electron chi connectivity index (χ0n) is 16.3. The summed E-state index contributed by atoms with van der Waals surface area (Å²) in [5.41, 5.74) is -0.113. The number of carbonyl (C=O) groups is 1. The van der Waals surface area contributed by atoms with Crippen molar-refractivity contribution in [2.75, 3.05) is 26.0 Å². The molecule has 1 amide bonds. The van der Waals surface area contributed by atoms with Crippen molar-refractivity contribution in [1.29, 1.82) is 0 Å². The summed E-state index contributed by atoms with van der Waals surface area (Å²) in [7, 11) is -3.58. The molecule has 27 heavy (non-hydrogen) atoms. The fourth-order valence-corrected chi connectivity index (χ4v) is 3.59. The van der Waals surface area contributed by atoms with Crippen molar-refractivity contribution in [1.82, 2.24) is 4.90 Å². The summed E-state index contributed by atoms with van der Waals surface area (Å²) in [6, 6.07) is 6.15. The van der Waals surface area contributed by atoms with Gasteiger partial charge in [0.05, 0.1) is 12.9 Å². The summed E-state index contributed by atoms with van der Waals surface area (Å²) >= 11 is 0. The van der Waals surface area contributed by atoms with Gasteiger partial charge in [-0.25, -0.2) is 9.18 Å². The highest BCUT2D eigenvalue weighted by atomic mass is 32.2. The van der Waals surface area contributed by atoms with E-state index < -0.39 is 21.1 Å². The van der Waals surface area contributed by atoms with E-state index in [0.717, 1.165) is 11.8 Å². The number of amides is 1. The molecule has 0 bridgehead atoms. The van der Waals surface area contributed by atoms with Crippen LogP contribution >= 0.6 is 0 Å².